The van der Waals surface area contributed by atoms with Crippen LogP contribution in [0.4, 0.5) is 0 Å². The van der Waals surface area contributed by atoms with E-state index in [1.54, 1.807) is 0 Å². The molecule has 0 atom stereocenters. The van der Waals surface area contributed by atoms with Crippen LogP contribution >= 0.6 is 11.6 Å². The van der Waals surface area contributed by atoms with E-state index in [1.165, 1.54) is 6.42 Å². The second kappa shape index (κ2) is 6.92. The largest absolute Gasteiger partial charge is 0.396 e. The molecule has 1 amide bonds. The fourth-order valence-electron chi connectivity index (χ4n) is 2.37. The average molecular weight is 282 g/mol. The van der Waals surface area contributed by atoms with Crippen molar-refractivity contribution in [3.8, 4) is 0 Å². The first-order valence-electron chi connectivity index (χ1n) is 6.85. The Morgan fingerprint density at radius 1 is 1.42 bits per heavy atom. The Balaban J connectivity index is 1.98. The molecule has 0 aromatic heterocycles. The van der Waals surface area contributed by atoms with E-state index in [9.17, 15) is 4.79 Å². The van der Waals surface area contributed by atoms with Crippen molar-refractivity contribution in [1.29, 1.82) is 0 Å². The molecule has 0 unspecified atom stereocenters. The van der Waals surface area contributed by atoms with Gasteiger partial charge in [0.05, 0.1) is 6.42 Å². The second-order valence-corrected chi connectivity index (χ2v) is 5.49. The molecule has 0 bridgehead atoms. The van der Waals surface area contributed by atoms with Crippen LogP contribution in [0.5, 0.6) is 0 Å². The van der Waals surface area contributed by atoms with Crippen LogP contribution in [0.25, 0.3) is 0 Å². The predicted octanol–water partition coefficient (Wildman–Crippen LogP) is 2.65. The summed E-state index contributed by atoms with van der Waals surface area (Å²) in [4.78, 5) is 14.3. The molecule has 0 radical (unpaired) electrons. The number of halogens is 1. The van der Waals surface area contributed by atoms with Crippen LogP contribution in [0.3, 0.4) is 0 Å². The van der Waals surface area contributed by atoms with Gasteiger partial charge in [0.15, 0.2) is 0 Å². The van der Waals surface area contributed by atoms with E-state index < -0.39 is 0 Å². The lowest BCUT2D eigenvalue weighted by molar-refractivity contribution is -0.134. The topological polar surface area (TPSA) is 40.5 Å². The predicted molar refractivity (Wildman–Crippen MR) is 76.2 cm³/mol. The Labute approximate surface area is 119 Å². The average Bonchev–Trinajstić information content (AvgIpc) is 2.31. The van der Waals surface area contributed by atoms with Gasteiger partial charge in [-0.25, -0.2) is 0 Å². The quantitative estimate of drug-likeness (QED) is 0.871. The maximum atomic E-state index is 12.4. The number of hydrogen-bond donors (Lipinski definition) is 1. The minimum Gasteiger partial charge on any atom is -0.396 e. The molecule has 1 aliphatic rings. The molecule has 0 saturated heterocycles. The van der Waals surface area contributed by atoms with Gasteiger partial charge in [0, 0.05) is 24.2 Å². The Kier molecular flexibility index (Phi) is 5.23. The van der Waals surface area contributed by atoms with E-state index in [-0.39, 0.29) is 12.5 Å². The van der Waals surface area contributed by atoms with Crippen LogP contribution in [0, 0.1) is 0 Å². The van der Waals surface area contributed by atoms with Gasteiger partial charge >= 0.3 is 0 Å². The third-order valence-electron chi connectivity index (χ3n) is 3.64. The molecule has 19 heavy (non-hydrogen) atoms. The van der Waals surface area contributed by atoms with Crippen LogP contribution in [-0.4, -0.2) is 35.1 Å². The van der Waals surface area contributed by atoms with Crippen molar-refractivity contribution in [3.63, 3.8) is 0 Å². The summed E-state index contributed by atoms with van der Waals surface area (Å²) < 4.78 is 0. The summed E-state index contributed by atoms with van der Waals surface area (Å²) in [6.45, 7) is 0.786. The first kappa shape index (κ1) is 14.4. The number of hydrogen-bond acceptors (Lipinski definition) is 2. The van der Waals surface area contributed by atoms with Gasteiger partial charge in [0.1, 0.15) is 0 Å². The van der Waals surface area contributed by atoms with Crippen LogP contribution in [-0.2, 0) is 11.2 Å². The number of nitrogens with zero attached hydrogens (tertiary/aromatic N) is 1. The Morgan fingerprint density at radius 3 is 2.79 bits per heavy atom. The molecule has 1 aromatic rings. The highest BCUT2D eigenvalue weighted by molar-refractivity contribution is 6.30. The number of rotatable bonds is 6. The SMILES string of the molecule is O=C(Cc1cccc(Cl)c1)N(CCCO)C1CCC1. The molecule has 1 aliphatic carbocycles. The monoisotopic (exact) mass is 281 g/mol. The molecule has 1 aromatic carbocycles. The van der Waals surface area contributed by atoms with Gasteiger partial charge in [0.25, 0.3) is 0 Å². The zero-order chi connectivity index (χ0) is 13.7. The molecule has 3 nitrogen and oxygen atoms in total. The molecule has 1 saturated carbocycles. The number of carbonyl (C=O) groups excluding carboxylic acids is 1. The molecule has 1 fully saturated rings. The minimum absolute atomic E-state index is 0.133. The van der Waals surface area contributed by atoms with Gasteiger partial charge in [-0.15, -0.1) is 0 Å². The van der Waals surface area contributed by atoms with Gasteiger partial charge in [-0.05, 0) is 43.4 Å². The van der Waals surface area contributed by atoms with E-state index in [0.29, 0.717) is 30.5 Å². The van der Waals surface area contributed by atoms with Crippen molar-refractivity contribution >= 4 is 17.5 Å². The lowest BCUT2D eigenvalue weighted by Gasteiger charge is -2.37. The second-order valence-electron chi connectivity index (χ2n) is 5.06. The van der Waals surface area contributed by atoms with Crippen LogP contribution in [0.15, 0.2) is 24.3 Å². The fourth-order valence-corrected chi connectivity index (χ4v) is 2.59. The fraction of sp³-hybridized carbons (Fsp3) is 0.533. The van der Waals surface area contributed by atoms with E-state index in [2.05, 4.69) is 0 Å². The molecular weight excluding hydrogens is 262 g/mol. The normalized spacial score (nSPS) is 15.1. The van der Waals surface area contributed by atoms with Crippen molar-refractivity contribution in [2.45, 2.75) is 38.1 Å². The molecule has 1 N–H and O–H groups in total. The zero-order valence-electron chi connectivity index (χ0n) is 11.0. The van der Waals surface area contributed by atoms with Crippen LogP contribution in [0.1, 0.15) is 31.2 Å². The van der Waals surface area contributed by atoms with E-state index in [1.807, 2.05) is 29.2 Å². The Bertz CT molecular complexity index is 432. The first-order valence-corrected chi connectivity index (χ1v) is 7.23. The Morgan fingerprint density at radius 2 is 2.21 bits per heavy atom. The summed E-state index contributed by atoms with van der Waals surface area (Å²) in [6.07, 6.45) is 4.42. The van der Waals surface area contributed by atoms with Crippen molar-refractivity contribution in [3.05, 3.63) is 34.9 Å². The molecule has 0 heterocycles. The molecular formula is C15H20ClNO2. The standard InChI is InChI=1S/C15H20ClNO2/c16-13-5-1-4-12(10-13)11-15(19)17(8-3-9-18)14-6-2-7-14/h1,4-5,10,14,18H,2-3,6-9,11H2. The van der Waals surface area contributed by atoms with Gasteiger partial charge in [0.2, 0.25) is 5.91 Å². The lowest BCUT2D eigenvalue weighted by atomic mass is 9.91. The molecule has 0 spiro atoms. The summed E-state index contributed by atoms with van der Waals surface area (Å²) >= 11 is 5.93. The highest BCUT2D eigenvalue weighted by Crippen LogP contribution is 2.25. The van der Waals surface area contributed by atoms with Gasteiger partial charge in [-0.1, -0.05) is 23.7 Å². The number of benzene rings is 1. The Hall–Kier alpha value is -1.06. The molecule has 104 valence electrons. The summed E-state index contributed by atoms with van der Waals surface area (Å²) in [7, 11) is 0. The molecule has 0 aliphatic heterocycles. The van der Waals surface area contributed by atoms with Gasteiger partial charge in [-0.2, -0.15) is 0 Å². The molecule has 4 heteroatoms. The maximum absolute atomic E-state index is 12.4. The third kappa shape index (κ3) is 3.95. The van der Waals surface area contributed by atoms with Crippen molar-refractivity contribution in [2.24, 2.45) is 0 Å². The van der Waals surface area contributed by atoms with Gasteiger partial charge < -0.3 is 10.0 Å². The van der Waals surface area contributed by atoms with E-state index in [0.717, 1.165) is 18.4 Å². The number of aliphatic hydroxyl groups is 1. The van der Waals surface area contributed by atoms with E-state index >= 15 is 0 Å². The minimum atomic E-state index is 0.133. The van der Waals surface area contributed by atoms with E-state index in [4.69, 9.17) is 16.7 Å². The van der Waals surface area contributed by atoms with Crippen molar-refractivity contribution in [1.82, 2.24) is 4.90 Å². The summed E-state index contributed by atoms with van der Waals surface area (Å²) in [5.41, 5.74) is 0.950. The summed E-state index contributed by atoms with van der Waals surface area (Å²) in [5.74, 6) is 0.139. The first-order chi connectivity index (χ1) is 9.20. The number of carbonyl (C=O) groups is 1. The van der Waals surface area contributed by atoms with Crippen molar-refractivity contribution in [2.75, 3.05) is 13.2 Å². The van der Waals surface area contributed by atoms with Crippen LogP contribution < -0.4 is 0 Å². The van der Waals surface area contributed by atoms with Gasteiger partial charge in [-0.3, -0.25) is 4.79 Å². The van der Waals surface area contributed by atoms with Crippen molar-refractivity contribution < 1.29 is 9.90 Å². The number of amides is 1. The smallest absolute Gasteiger partial charge is 0.227 e. The number of aliphatic hydroxyl groups excluding tert-OH is 1. The third-order valence-corrected chi connectivity index (χ3v) is 3.87. The van der Waals surface area contributed by atoms with Crippen LogP contribution in [0.2, 0.25) is 5.02 Å². The highest BCUT2D eigenvalue weighted by atomic mass is 35.5. The highest BCUT2D eigenvalue weighted by Gasteiger charge is 2.28. The summed E-state index contributed by atoms with van der Waals surface area (Å²) in [5, 5.41) is 9.60. The molecule has 2 rings (SSSR count). The zero-order valence-corrected chi connectivity index (χ0v) is 11.8. The lowest BCUT2D eigenvalue weighted by Crippen LogP contribution is -2.45. The maximum Gasteiger partial charge on any atom is 0.227 e. The summed E-state index contributed by atoms with van der Waals surface area (Å²) in [6, 6.07) is 7.81.